The van der Waals surface area contributed by atoms with E-state index >= 15 is 0 Å². The Morgan fingerprint density at radius 2 is 1.88 bits per heavy atom. The molecule has 1 aliphatic heterocycles. The van der Waals surface area contributed by atoms with Crippen molar-refractivity contribution in [3.63, 3.8) is 0 Å². The molecule has 2 heterocycles. The van der Waals surface area contributed by atoms with Crippen LogP contribution in [0.4, 0.5) is 21.6 Å². The van der Waals surface area contributed by atoms with Gasteiger partial charge in [-0.2, -0.15) is 0 Å². The topological polar surface area (TPSA) is 41.1 Å². The van der Waals surface area contributed by atoms with Crippen molar-refractivity contribution in [3.05, 3.63) is 76.5 Å². The maximum absolute atomic E-state index is 13.4. The molecule has 0 aliphatic carbocycles. The van der Waals surface area contributed by atoms with Crippen LogP contribution < -0.4 is 10.2 Å². The molecular formula is C19H16ClFN4. The standard InChI is InChI=1S/C19H16ClFN4/c1-11-3-8-14-15(9-11)25(2)19-17(18(20)22-10-23-19)24-16(14)12-4-6-13(21)7-5-12/h3-10,16,24H,1-2H3. The van der Waals surface area contributed by atoms with Gasteiger partial charge >= 0.3 is 0 Å². The molecule has 0 spiro atoms. The van der Waals surface area contributed by atoms with Crippen molar-refractivity contribution < 1.29 is 4.39 Å². The summed E-state index contributed by atoms with van der Waals surface area (Å²) in [4.78, 5) is 10.5. The van der Waals surface area contributed by atoms with Crippen LogP contribution in [0.3, 0.4) is 0 Å². The summed E-state index contributed by atoms with van der Waals surface area (Å²) in [7, 11) is 1.95. The lowest BCUT2D eigenvalue weighted by Crippen LogP contribution is -2.13. The number of nitrogens with zero attached hydrogens (tertiary/aromatic N) is 3. The van der Waals surface area contributed by atoms with E-state index in [1.807, 2.05) is 18.9 Å². The van der Waals surface area contributed by atoms with Crippen molar-refractivity contribution in [2.24, 2.45) is 0 Å². The summed E-state index contributed by atoms with van der Waals surface area (Å²) in [6.45, 7) is 2.05. The predicted molar refractivity (Wildman–Crippen MR) is 98.1 cm³/mol. The molecule has 1 unspecified atom stereocenters. The Morgan fingerprint density at radius 3 is 2.64 bits per heavy atom. The molecule has 0 bridgehead atoms. The third-order valence-electron chi connectivity index (χ3n) is 4.45. The number of halogens is 2. The largest absolute Gasteiger partial charge is 0.369 e. The molecule has 1 aromatic heterocycles. The molecule has 0 saturated carbocycles. The summed E-state index contributed by atoms with van der Waals surface area (Å²) in [5, 5.41) is 3.80. The number of rotatable bonds is 1. The molecule has 1 N–H and O–H groups in total. The van der Waals surface area contributed by atoms with Gasteiger partial charge in [-0.25, -0.2) is 14.4 Å². The normalized spacial score (nSPS) is 15.8. The third kappa shape index (κ3) is 2.70. The van der Waals surface area contributed by atoms with Gasteiger partial charge in [0.05, 0.1) is 6.04 Å². The summed E-state index contributed by atoms with van der Waals surface area (Å²) in [5.41, 5.74) is 4.83. The van der Waals surface area contributed by atoms with Crippen LogP contribution in [-0.4, -0.2) is 17.0 Å². The number of aromatic nitrogens is 2. The van der Waals surface area contributed by atoms with E-state index in [-0.39, 0.29) is 11.9 Å². The summed E-state index contributed by atoms with van der Waals surface area (Å²) in [6, 6.07) is 12.5. The second-order valence-electron chi connectivity index (χ2n) is 6.11. The number of nitrogens with one attached hydrogen (secondary N) is 1. The minimum Gasteiger partial charge on any atom is -0.369 e. The molecule has 0 radical (unpaired) electrons. The average Bonchev–Trinajstić information content (AvgIpc) is 2.72. The van der Waals surface area contributed by atoms with Crippen LogP contribution in [0.5, 0.6) is 0 Å². The van der Waals surface area contributed by atoms with Crippen molar-refractivity contribution in [1.29, 1.82) is 0 Å². The SMILES string of the molecule is Cc1ccc2c(c1)N(C)c1ncnc(Cl)c1NC2c1ccc(F)cc1. The number of benzene rings is 2. The predicted octanol–water partition coefficient (Wildman–Crippen LogP) is 4.86. The molecule has 4 rings (SSSR count). The first-order chi connectivity index (χ1) is 12.0. The average molecular weight is 355 g/mol. The van der Waals surface area contributed by atoms with Gasteiger partial charge in [0.1, 0.15) is 17.8 Å². The lowest BCUT2D eigenvalue weighted by Gasteiger charge is -2.22. The molecule has 4 nitrogen and oxygen atoms in total. The van der Waals surface area contributed by atoms with Crippen LogP contribution in [0.2, 0.25) is 5.15 Å². The molecule has 2 aromatic carbocycles. The van der Waals surface area contributed by atoms with E-state index in [0.29, 0.717) is 16.7 Å². The Morgan fingerprint density at radius 1 is 1.12 bits per heavy atom. The van der Waals surface area contributed by atoms with Gasteiger partial charge in [0.25, 0.3) is 0 Å². The van der Waals surface area contributed by atoms with Gasteiger partial charge in [0.15, 0.2) is 11.0 Å². The van der Waals surface area contributed by atoms with E-state index in [0.717, 1.165) is 22.4 Å². The second-order valence-corrected chi connectivity index (χ2v) is 6.47. The molecule has 6 heteroatoms. The highest BCUT2D eigenvalue weighted by molar-refractivity contribution is 6.32. The maximum atomic E-state index is 13.4. The third-order valence-corrected chi connectivity index (χ3v) is 4.74. The summed E-state index contributed by atoms with van der Waals surface area (Å²) >= 11 is 6.33. The minimum atomic E-state index is -0.264. The van der Waals surface area contributed by atoms with Gasteiger partial charge < -0.3 is 10.2 Å². The van der Waals surface area contributed by atoms with Gasteiger partial charge in [-0.05, 0) is 36.2 Å². The molecule has 1 aliphatic rings. The highest BCUT2D eigenvalue weighted by Gasteiger charge is 2.28. The quantitative estimate of drug-likeness (QED) is 0.633. The number of fused-ring (bicyclic) bond motifs is 2. The van der Waals surface area contributed by atoms with Gasteiger partial charge in [0.2, 0.25) is 0 Å². The Balaban J connectivity index is 1.96. The van der Waals surface area contributed by atoms with E-state index in [1.54, 1.807) is 12.1 Å². The van der Waals surface area contributed by atoms with Crippen LogP contribution in [-0.2, 0) is 0 Å². The Kier molecular flexibility index (Phi) is 3.81. The smallest absolute Gasteiger partial charge is 0.161 e. The van der Waals surface area contributed by atoms with Gasteiger partial charge in [-0.15, -0.1) is 0 Å². The van der Waals surface area contributed by atoms with E-state index in [2.05, 4.69) is 33.5 Å². The molecule has 3 aromatic rings. The Bertz CT molecular complexity index is 943. The zero-order valence-corrected chi connectivity index (χ0v) is 14.5. The van der Waals surface area contributed by atoms with Crippen molar-refractivity contribution in [2.75, 3.05) is 17.3 Å². The van der Waals surface area contributed by atoms with Gasteiger partial charge in [-0.1, -0.05) is 35.9 Å². The van der Waals surface area contributed by atoms with E-state index in [4.69, 9.17) is 11.6 Å². The van der Waals surface area contributed by atoms with E-state index in [1.165, 1.54) is 18.5 Å². The van der Waals surface area contributed by atoms with Crippen LogP contribution in [0, 0.1) is 12.7 Å². The number of aryl methyl sites for hydroxylation is 1. The Hall–Kier alpha value is -2.66. The molecule has 0 amide bonds. The fourth-order valence-electron chi connectivity index (χ4n) is 3.18. The summed E-state index contributed by atoms with van der Waals surface area (Å²) in [6.07, 6.45) is 1.45. The number of hydrogen-bond acceptors (Lipinski definition) is 4. The summed E-state index contributed by atoms with van der Waals surface area (Å²) in [5.74, 6) is 0.442. The number of hydrogen-bond donors (Lipinski definition) is 1. The van der Waals surface area contributed by atoms with Crippen LogP contribution in [0.15, 0.2) is 48.8 Å². The minimum absolute atomic E-state index is 0.191. The second kappa shape index (κ2) is 6.01. The molecule has 126 valence electrons. The zero-order valence-electron chi connectivity index (χ0n) is 13.8. The fraction of sp³-hybridized carbons (Fsp3) is 0.158. The molecule has 1 atom stereocenters. The fourth-order valence-corrected chi connectivity index (χ4v) is 3.36. The van der Waals surface area contributed by atoms with Crippen molar-refractivity contribution in [1.82, 2.24) is 9.97 Å². The van der Waals surface area contributed by atoms with Crippen molar-refractivity contribution in [3.8, 4) is 0 Å². The van der Waals surface area contributed by atoms with Gasteiger partial charge in [-0.3, -0.25) is 0 Å². The first kappa shape index (κ1) is 15.8. The maximum Gasteiger partial charge on any atom is 0.161 e. The van der Waals surface area contributed by atoms with Crippen molar-refractivity contribution >= 4 is 28.8 Å². The Labute approximate surface area is 150 Å². The zero-order chi connectivity index (χ0) is 17.6. The highest BCUT2D eigenvalue weighted by atomic mass is 35.5. The monoisotopic (exact) mass is 354 g/mol. The highest BCUT2D eigenvalue weighted by Crippen LogP contribution is 2.44. The molecule has 0 fully saturated rings. The van der Waals surface area contributed by atoms with Crippen LogP contribution in [0.1, 0.15) is 22.7 Å². The first-order valence-electron chi connectivity index (χ1n) is 7.91. The van der Waals surface area contributed by atoms with Crippen LogP contribution in [0.25, 0.3) is 0 Å². The van der Waals surface area contributed by atoms with E-state index < -0.39 is 0 Å². The summed E-state index contributed by atoms with van der Waals surface area (Å²) < 4.78 is 13.4. The van der Waals surface area contributed by atoms with Crippen LogP contribution >= 0.6 is 11.6 Å². The first-order valence-corrected chi connectivity index (χ1v) is 8.29. The van der Waals surface area contributed by atoms with Crippen molar-refractivity contribution in [2.45, 2.75) is 13.0 Å². The molecule has 0 saturated heterocycles. The molecule has 25 heavy (non-hydrogen) atoms. The molecular weight excluding hydrogens is 339 g/mol. The van der Waals surface area contributed by atoms with E-state index in [9.17, 15) is 4.39 Å². The van der Waals surface area contributed by atoms with Gasteiger partial charge in [0, 0.05) is 18.3 Å². The lowest BCUT2D eigenvalue weighted by molar-refractivity contribution is 0.626. The lowest BCUT2D eigenvalue weighted by atomic mass is 9.96. The number of anilines is 3.